The minimum absolute atomic E-state index is 0.202. The van der Waals surface area contributed by atoms with E-state index in [4.69, 9.17) is 16.3 Å². The van der Waals surface area contributed by atoms with Gasteiger partial charge in [0.25, 0.3) is 0 Å². The summed E-state index contributed by atoms with van der Waals surface area (Å²) in [5, 5.41) is 18.3. The number of carboxylic acid groups (broad SMARTS) is 1. The van der Waals surface area contributed by atoms with Crippen LogP contribution < -0.4 is 20.7 Å². The molecular formula is C26H32ClN5O5. The van der Waals surface area contributed by atoms with Crippen LogP contribution in [0, 0.1) is 11.3 Å². The van der Waals surface area contributed by atoms with Crippen LogP contribution in [-0.2, 0) is 4.79 Å². The topological polar surface area (TPSA) is 133 Å². The summed E-state index contributed by atoms with van der Waals surface area (Å²) in [7, 11) is 0. The summed E-state index contributed by atoms with van der Waals surface area (Å²) in [6.07, 6.45) is 3.42. The van der Waals surface area contributed by atoms with E-state index in [-0.39, 0.29) is 35.4 Å². The number of aromatic nitrogens is 1. The van der Waals surface area contributed by atoms with E-state index in [1.807, 2.05) is 20.8 Å². The molecule has 1 aromatic heterocycles. The first kappa shape index (κ1) is 26.5. The maximum atomic E-state index is 13.0. The second-order valence-electron chi connectivity index (χ2n) is 10.6. The van der Waals surface area contributed by atoms with Crippen LogP contribution in [0.3, 0.4) is 0 Å². The smallest absolute Gasteiger partial charge is 0.407 e. The fraction of sp³-hybridized carbons (Fsp3) is 0.462. The molecule has 2 aliphatic rings. The normalized spacial score (nSPS) is 19.6. The van der Waals surface area contributed by atoms with Crippen molar-refractivity contribution in [2.24, 2.45) is 11.3 Å². The number of likely N-dealkylation sites (tertiary alicyclic amines) is 1. The van der Waals surface area contributed by atoms with Gasteiger partial charge in [0.1, 0.15) is 17.3 Å². The molecule has 4 amide bonds. The first-order valence-electron chi connectivity index (χ1n) is 12.3. The number of nitrogens with one attached hydrogen (secondary N) is 3. The third-order valence-corrected chi connectivity index (χ3v) is 6.85. The number of nitrogens with zero attached hydrogens (tertiary/aromatic N) is 2. The van der Waals surface area contributed by atoms with Crippen LogP contribution in [0.1, 0.15) is 46.5 Å². The van der Waals surface area contributed by atoms with Crippen molar-refractivity contribution in [3.8, 4) is 11.5 Å². The van der Waals surface area contributed by atoms with Crippen molar-refractivity contribution in [1.29, 1.82) is 0 Å². The summed E-state index contributed by atoms with van der Waals surface area (Å²) in [6, 6.07) is 7.86. The number of pyridine rings is 1. The molecule has 2 heterocycles. The zero-order chi connectivity index (χ0) is 26.7. The standard InChI is InChI=1S/C26H32ClN5O5/c1-26(2,3)21-12-15(9-11-32(21)25(35)36)23(33)31-22-14-18(8-10-28-22)37-17-6-7-20(19(27)13-17)30-24(34)29-16-4-5-16/h6-8,10,13-16,21H,4-5,9,11-12H2,1-3H3,(H,35,36)(H,28,31,33)(H2,29,30,34). The second-order valence-corrected chi connectivity index (χ2v) is 11.0. The maximum absolute atomic E-state index is 13.0. The molecular weight excluding hydrogens is 498 g/mol. The summed E-state index contributed by atoms with van der Waals surface area (Å²) in [5.74, 6) is 0.697. The van der Waals surface area contributed by atoms with Gasteiger partial charge in [-0.25, -0.2) is 14.6 Å². The summed E-state index contributed by atoms with van der Waals surface area (Å²) in [4.78, 5) is 42.3. The Balaban J connectivity index is 1.37. The van der Waals surface area contributed by atoms with Gasteiger partial charge in [-0.15, -0.1) is 0 Å². The van der Waals surface area contributed by atoms with Gasteiger partial charge in [0, 0.05) is 42.9 Å². The highest BCUT2D eigenvalue weighted by Crippen LogP contribution is 2.35. The van der Waals surface area contributed by atoms with Crippen LogP contribution in [0.4, 0.5) is 21.1 Å². The Kier molecular flexibility index (Phi) is 7.77. The first-order chi connectivity index (χ1) is 17.5. The van der Waals surface area contributed by atoms with E-state index in [2.05, 4.69) is 20.9 Å². The summed E-state index contributed by atoms with van der Waals surface area (Å²) >= 11 is 6.32. The number of carbonyl (C=O) groups is 3. The van der Waals surface area contributed by atoms with E-state index < -0.39 is 6.09 Å². The zero-order valence-electron chi connectivity index (χ0n) is 21.1. The second kappa shape index (κ2) is 10.8. The van der Waals surface area contributed by atoms with Gasteiger partial charge in [-0.1, -0.05) is 32.4 Å². The Morgan fingerprint density at radius 2 is 1.81 bits per heavy atom. The van der Waals surface area contributed by atoms with Gasteiger partial charge in [0.15, 0.2) is 0 Å². The van der Waals surface area contributed by atoms with Gasteiger partial charge in [0.2, 0.25) is 5.91 Å². The number of urea groups is 1. The van der Waals surface area contributed by atoms with Crippen LogP contribution in [0.25, 0.3) is 0 Å². The van der Waals surface area contributed by atoms with E-state index in [0.29, 0.717) is 47.4 Å². The van der Waals surface area contributed by atoms with Gasteiger partial charge < -0.3 is 30.7 Å². The van der Waals surface area contributed by atoms with E-state index in [9.17, 15) is 19.5 Å². The molecule has 198 valence electrons. The molecule has 2 aromatic rings. The predicted octanol–water partition coefficient (Wildman–Crippen LogP) is 5.55. The van der Waals surface area contributed by atoms with Crippen LogP contribution in [0.15, 0.2) is 36.5 Å². The average molecular weight is 530 g/mol. The molecule has 1 aliphatic heterocycles. The first-order valence-corrected chi connectivity index (χ1v) is 12.7. The van der Waals surface area contributed by atoms with E-state index in [1.54, 1.807) is 30.3 Å². The number of benzene rings is 1. The molecule has 37 heavy (non-hydrogen) atoms. The van der Waals surface area contributed by atoms with E-state index in [0.717, 1.165) is 12.8 Å². The molecule has 10 nitrogen and oxygen atoms in total. The molecule has 1 saturated carbocycles. The molecule has 1 aromatic carbocycles. The lowest BCUT2D eigenvalue weighted by molar-refractivity contribution is -0.122. The lowest BCUT2D eigenvalue weighted by Gasteiger charge is -2.44. The maximum Gasteiger partial charge on any atom is 0.407 e. The van der Waals surface area contributed by atoms with Crippen molar-refractivity contribution in [2.75, 3.05) is 17.2 Å². The van der Waals surface area contributed by atoms with Crippen LogP contribution in [0.2, 0.25) is 5.02 Å². The molecule has 2 fully saturated rings. The zero-order valence-corrected chi connectivity index (χ0v) is 21.8. The van der Waals surface area contributed by atoms with Crippen molar-refractivity contribution >= 4 is 41.1 Å². The van der Waals surface area contributed by atoms with Gasteiger partial charge in [-0.05, 0) is 49.3 Å². The number of anilines is 2. The summed E-state index contributed by atoms with van der Waals surface area (Å²) in [6.45, 7) is 6.25. The number of halogens is 1. The third kappa shape index (κ3) is 7.03. The molecule has 0 radical (unpaired) electrons. The van der Waals surface area contributed by atoms with Gasteiger partial charge in [0.05, 0.1) is 10.7 Å². The molecule has 4 N–H and O–H groups in total. The Morgan fingerprint density at radius 1 is 1.08 bits per heavy atom. The Bertz CT molecular complexity index is 1180. The molecule has 1 aliphatic carbocycles. The minimum atomic E-state index is -0.962. The number of ether oxygens (including phenoxy) is 1. The number of hydrogen-bond acceptors (Lipinski definition) is 5. The predicted molar refractivity (Wildman–Crippen MR) is 140 cm³/mol. The van der Waals surface area contributed by atoms with Crippen LogP contribution in [0.5, 0.6) is 11.5 Å². The molecule has 2 atom stereocenters. The number of rotatable bonds is 6. The van der Waals surface area contributed by atoms with Gasteiger partial charge in [-0.2, -0.15) is 0 Å². The SMILES string of the molecule is CC(C)(C)C1CC(C(=O)Nc2cc(Oc3ccc(NC(=O)NC4CC4)c(Cl)c3)ccn2)CCN1C(=O)O. The van der Waals surface area contributed by atoms with E-state index in [1.165, 1.54) is 11.1 Å². The lowest BCUT2D eigenvalue weighted by atomic mass is 9.77. The van der Waals surface area contributed by atoms with Crippen molar-refractivity contribution in [1.82, 2.24) is 15.2 Å². The fourth-order valence-electron chi connectivity index (χ4n) is 4.39. The highest BCUT2D eigenvalue weighted by Gasteiger charge is 2.40. The van der Waals surface area contributed by atoms with Crippen LogP contribution in [-0.4, -0.2) is 51.7 Å². The highest BCUT2D eigenvalue weighted by molar-refractivity contribution is 6.33. The van der Waals surface area contributed by atoms with Crippen LogP contribution >= 0.6 is 11.6 Å². The summed E-state index contributed by atoms with van der Waals surface area (Å²) < 4.78 is 5.89. The number of piperidine rings is 1. The molecule has 0 bridgehead atoms. The van der Waals surface area contributed by atoms with Crippen molar-refractivity contribution < 1.29 is 24.2 Å². The largest absolute Gasteiger partial charge is 0.465 e. The highest BCUT2D eigenvalue weighted by atomic mass is 35.5. The van der Waals surface area contributed by atoms with Crippen molar-refractivity contribution in [3.63, 3.8) is 0 Å². The molecule has 11 heteroatoms. The fourth-order valence-corrected chi connectivity index (χ4v) is 4.61. The lowest BCUT2D eigenvalue weighted by Crippen LogP contribution is -2.53. The van der Waals surface area contributed by atoms with Gasteiger partial charge in [-0.3, -0.25) is 4.79 Å². The van der Waals surface area contributed by atoms with Gasteiger partial charge >= 0.3 is 12.1 Å². The Labute approximate surface area is 220 Å². The van der Waals surface area contributed by atoms with Crippen molar-refractivity contribution in [3.05, 3.63) is 41.6 Å². The molecule has 1 saturated heterocycles. The molecule has 4 rings (SSSR count). The molecule has 2 unspecified atom stereocenters. The Hall–Kier alpha value is -3.53. The average Bonchev–Trinajstić information content (AvgIpc) is 3.64. The number of hydrogen-bond donors (Lipinski definition) is 4. The minimum Gasteiger partial charge on any atom is -0.465 e. The quantitative estimate of drug-likeness (QED) is 0.387. The monoisotopic (exact) mass is 529 g/mol. The Morgan fingerprint density at radius 3 is 2.46 bits per heavy atom. The summed E-state index contributed by atoms with van der Waals surface area (Å²) in [5.41, 5.74) is 0.175. The third-order valence-electron chi connectivity index (χ3n) is 6.54. The molecule has 0 spiro atoms. The number of amides is 4. The van der Waals surface area contributed by atoms with E-state index >= 15 is 0 Å². The van der Waals surface area contributed by atoms with Crippen molar-refractivity contribution in [2.45, 2.75) is 58.5 Å². The number of carbonyl (C=O) groups excluding carboxylic acids is 2.